The van der Waals surface area contributed by atoms with Gasteiger partial charge in [-0.25, -0.2) is 14.6 Å². The van der Waals surface area contributed by atoms with Crippen molar-refractivity contribution in [3.63, 3.8) is 0 Å². The van der Waals surface area contributed by atoms with Gasteiger partial charge in [-0.1, -0.05) is 0 Å². The molecule has 2 fully saturated rings. The minimum absolute atomic E-state index is 0.606. The Morgan fingerprint density at radius 2 is 1.89 bits per heavy atom. The number of aromatic nitrogens is 7. The second-order valence-corrected chi connectivity index (χ2v) is 7.79. The van der Waals surface area contributed by atoms with Crippen LogP contribution >= 0.6 is 12.2 Å². The molecule has 0 atom stereocenters. The maximum absolute atomic E-state index is 5.58. The number of nitrogens with zero attached hydrogens (tertiary/aromatic N) is 9. The van der Waals surface area contributed by atoms with Crippen LogP contribution in [0, 0.1) is 4.77 Å². The first-order valence-corrected chi connectivity index (χ1v) is 9.76. The Hall–Kier alpha value is -2.33. The molecule has 5 rings (SSSR count). The highest BCUT2D eigenvalue weighted by atomic mass is 32.1. The highest BCUT2D eigenvalue weighted by Gasteiger charge is 2.29. The van der Waals surface area contributed by atoms with Gasteiger partial charge in [0, 0.05) is 46.2 Å². The first-order valence-electron chi connectivity index (χ1n) is 9.35. The SMILES string of the molecule is Cn1c(C2CC2)nn(CN2CCN(c3ncnc4c3cnn4C)CC2)c1=S. The molecule has 142 valence electrons. The topological polar surface area (TPSA) is 72.8 Å². The number of piperazine rings is 1. The fourth-order valence-corrected chi connectivity index (χ4v) is 3.98. The minimum Gasteiger partial charge on any atom is -0.353 e. The number of fused-ring (bicyclic) bond motifs is 1. The van der Waals surface area contributed by atoms with E-state index >= 15 is 0 Å². The van der Waals surface area contributed by atoms with Gasteiger partial charge < -0.3 is 9.47 Å². The monoisotopic (exact) mass is 385 g/mol. The van der Waals surface area contributed by atoms with Crippen molar-refractivity contribution in [1.29, 1.82) is 0 Å². The quantitative estimate of drug-likeness (QED) is 0.627. The van der Waals surface area contributed by atoms with E-state index in [0.717, 1.165) is 60.3 Å². The van der Waals surface area contributed by atoms with Crippen molar-refractivity contribution >= 4 is 29.1 Å². The molecule has 1 aliphatic heterocycles. The van der Waals surface area contributed by atoms with Gasteiger partial charge in [0.2, 0.25) is 0 Å². The van der Waals surface area contributed by atoms with Gasteiger partial charge in [-0.05, 0) is 25.1 Å². The van der Waals surface area contributed by atoms with Gasteiger partial charge in [0.15, 0.2) is 10.4 Å². The Kier molecular flexibility index (Phi) is 3.97. The Balaban J connectivity index is 1.29. The minimum atomic E-state index is 0.606. The standard InChI is InChI=1S/C17H23N9S/c1-22-14(12-3-4-12)21-26(17(22)27)11-24-5-7-25(8-6-24)16-13-9-20-23(2)15(13)18-10-19-16/h9-10,12H,3-8,11H2,1-2H3. The smallest absolute Gasteiger partial charge is 0.198 e. The van der Waals surface area contributed by atoms with Crippen molar-refractivity contribution in [2.45, 2.75) is 25.4 Å². The molecule has 0 spiro atoms. The lowest BCUT2D eigenvalue weighted by Gasteiger charge is -2.35. The summed E-state index contributed by atoms with van der Waals surface area (Å²) in [5.41, 5.74) is 0.870. The van der Waals surface area contributed by atoms with Crippen molar-refractivity contribution in [1.82, 2.24) is 39.0 Å². The van der Waals surface area contributed by atoms with E-state index in [0.29, 0.717) is 5.92 Å². The van der Waals surface area contributed by atoms with Crippen LogP contribution in [-0.4, -0.2) is 65.2 Å². The van der Waals surface area contributed by atoms with Crippen molar-refractivity contribution in [3.05, 3.63) is 23.1 Å². The molecule has 27 heavy (non-hydrogen) atoms. The lowest BCUT2D eigenvalue weighted by Crippen LogP contribution is -2.47. The predicted molar refractivity (Wildman–Crippen MR) is 104 cm³/mol. The van der Waals surface area contributed by atoms with Crippen LogP contribution in [0.3, 0.4) is 0 Å². The Bertz CT molecular complexity index is 1040. The molecule has 0 amide bonds. The van der Waals surface area contributed by atoms with Gasteiger partial charge in [-0.15, -0.1) is 0 Å². The van der Waals surface area contributed by atoms with Crippen LogP contribution in [0.2, 0.25) is 0 Å². The zero-order chi connectivity index (χ0) is 18.5. The molecule has 9 nitrogen and oxygen atoms in total. The van der Waals surface area contributed by atoms with Gasteiger partial charge in [0.1, 0.15) is 18.0 Å². The van der Waals surface area contributed by atoms with E-state index in [2.05, 4.69) is 29.4 Å². The van der Waals surface area contributed by atoms with Crippen LogP contribution in [0.1, 0.15) is 24.6 Å². The summed E-state index contributed by atoms with van der Waals surface area (Å²) in [6, 6.07) is 0. The molecular formula is C17H23N9S. The van der Waals surface area contributed by atoms with Gasteiger partial charge in [0.05, 0.1) is 18.3 Å². The van der Waals surface area contributed by atoms with Crippen LogP contribution in [0.4, 0.5) is 5.82 Å². The summed E-state index contributed by atoms with van der Waals surface area (Å²) >= 11 is 5.58. The maximum atomic E-state index is 5.58. The molecular weight excluding hydrogens is 362 g/mol. The largest absolute Gasteiger partial charge is 0.353 e. The zero-order valence-electron chi connectivity index (χ0n) is 15.6. The molecule has 3 aromatic heterocycles. The third-order valence-corrected chi connectivity index (χ3v) is 6.02. The summed E-state index contributed by atoms with van der Waals surface area (Å²) in [6.07, 6.45) is 5.95. The second kappa shape index (κ2) is 6.38. The molecule has 1 aliphatic carbocycles. The number of hydrogen-bond acceptors (Lipinski definition) is 7. The molecule has 4 heterocycles. The van der Waals surface area contributed by atoms with E-state index in [1.807, 2.05) is 25.0 Å². The van der Waals surface area contributed by atoms with Crippen LogP contribution in [0.5, 0.6) is 0 Å². The summed E-state index contributed by atoms with van der Waals surface area (Å²) in [7, 11) is 3.94. The summed E-state index contributed by atoms with van der Waals surface area (Å²) < 4.78 is 6.65. The number of anilines is 1. The maximum Gasteiger partial charge on any atom is 0.198 e. The van der Waals surface area contributed by atoms with E-state index in [1.54, 1.807) is 11.0 Å². The van der Waals surface area contributed by atoms with E-state index < -0.39 is 0 Å². The Morgan fingerprint density at radius 1 is 1.11 bits per heavy atom. The average Bonchev–Trinajstić information content (AvgIpc) is 3.41. The highest BCUT2D eigenvalue weighted by Crippen LogP contribution is 2.38. The van der Waals surface area contributed by atoms with Crippen LogP contribution < -0.4 is 4.90 Å². The molecule has 0 bridgehead atoms. The Labute approximate surface area is 162 Å². The van der Waals surface area contributed by atoms with Gasteiger partial charge in [0.25, 0.3) is 0 Å². The van der Waals surface area contributed by atoms with Gasteiger partial charge in [-0.2, -0.15) is 10.2 Å². The highest BCUT2D eigenvalue weighted by molar-refractivity contribution is 7.71. The lowest BCUT2D eigenvalue weighted by molar-refractivity contribution is 0.193. The summed E-state index contributed by atoms with van der Waals surface area (Å²) in [4.78, 5) is 13.6. The third-order valence-electron chi connectivity index (χ3n) is 5.53. The van der Waals surface area contributed by atoms with Gasteiger partial charge >= 0.3 is 0 Å². The van der Waals surface area contributed by atoms with Crippen molar-refractivity contribution in [3.8, 4) is 0 Å². The molecule has 2 aliphatic rings. The van der Waals surface area contributed by atoms with E-state index in [1.165, 1.54) is 12.8 Å². The fraction of sp³-hybridized carbons (Fsp3) is 0.588. The molecule has 10 heteroatoms. The molecule has 1 saturated heterocycles. The van der Waals surface area contributed by atoms with Crippen LogP contribution in [0.25, 0.3) is 11.0 Å². The van der Waals surface area contributed by atoms with Gasteiger partial charge in [-0.3, -0.25) is 9.58 Å². The normalized spacial score (nSPS) is 18.5. The first-order chi connectivity index (χ1) is 13.1. The summed E-state index contributed by atoms with van der Waals surface area (Å²) in [6.45, 7) is 4.47. The van der Waals surface area contributed by atoms with E-state index in [4.69, 9.17) is 17.3 Å². The zero-order valence-corrected chi connectivity index (χ0v) is 16.4. The molecule has 0 aromatic carbocycles. The molecule has 0 unspecified atom stereocenters. The predicted octanol–water partition coefficient (Wildman–Crippen LogP) is 1.28. The van der Waals surface area contributed by atoms with Crippen molar-refractivity contribution < 1.29 is 0 Å². The fourth-order valence-electron chi connectivity index (χ4n) is 3.79. The molecule has 0 radical (unpaired) electrons. The summed E-state index contributed by atoms with van der Waals surface area (Å²) in [5, 5.41) is 10.1. The molecule has 0 N–H and O–H groups in total. The first kappa shape index (κ1) is 16.8. The van der Waals surface area contributed by atoms with Crippen molar-refractivity contribution in [2.24, 2.45) is 14.1 Å². The van der Waals surface area contributed by atoms with E-state index in [9.17, 15) is 0 Å². The number of aryl methyl sites for hydroxylation is 1. The van der Waals surface area contributed by atoms with Crippen molar-refractivity contribution in [2.75, 3.05) is 31.1 Å². The molecule has 3 aromatic rings. The number of rotatable bonds is 4. The van der Waals surface area contributed by atoms with Crippen LogP contribution in [0.15, 0.2) is 12.5 Å². The Morgan fingerprint density at radius 3 is 2.63 bits per heavy atom. The summed E-state index contributed by atoms with van der Waals surface area (Å²) in [5.74, 6) is 2.71. The lowest BCUT2D eigenvalue weighted by atomic mass is 10.3. The van der Waals surface area contributed by atoms with Crippen LogP contribution in [-0.2, 0) is 20.8 Å². The second-order valence-electron chi connectivity index (χ2n) is 7.42. The number of hydrogen-bond donors (Lipinski definition) is 0. The third kappa shape index (κ3) is 2.92. The molecule has 1 saturated carbocycles. The average molecular weight is 386 g/mol. The van der Waals surface area contributed by atoms with E-state index in [-0.39, 0.29) is 0 Å².